The van der Waals surface area contributed by atoms with Crippen LogP contribution in [0, 0.1) is 16.0 Å². The van der Waals surface area contributed by atoms with Gasteiger partial charge in [-0.25, -0.2) is 9.59 Å². The first-order valence-corrected chi connectivity index (χ1v) is 11.3. The highest BCUT2D eigenvalue weighted by molar-refractivity contribution is 5.82. The van der Waals surface area contributed by atoms with Crippen LogP contribution in [0.1, 0.15) is 67.2 Å². The first-order chi connectivity index (χ1) is 15.7. The normalized spacial score (nSPS) is 16.6. The fourth-order valence-electron chi connectivity index (χ4n) is 3.68. The summed E-state index contributed by atoms with van der Waals surface area (Å²) in [7, 11) is 2.26. The molecule has 196 valence electrons. The molecule has 0 saturated carbocycles. The number of alkyl carbamates (subject to hydrolysis) is 1. The number of ether oxygens (including phenoxy) is 3. The summed E-state index contributed by atoms with van der Waals surface area (Å²) in [4.78, 5) is 61.6. The second-order valence-corrected chi connectivity index (χ2v) is 8.87. The minimum Gasteiger partial charge on any atom is -0.469 e. The van der Waals surface area contributed by atoms with Crippen molar-refractivity contribution in [1.29, 1.82) is 0 Å². The van der Waals surface area contributed by atoms with Gasteiger partial charge in [0.25, 0.3) is 0 Å². The Kier molecular flexibility index (Phi) is 12.5. The average molecular weight is 490 g/mol. The monoisotopic (exact) mass is 489 g/mol. The summed E-state index contributed by atoms with van der Waals surface area (Å²) in [6, 6.07) is -1.28. The molecule has 1 N–H and O–H groups in total. The number of carbonyl (C=O) groups excluding carboxylic acids is 4. The summed E-state index contributed by atoms with van der Waals surface area (Å²) < 4.78 is 14.7. The van der Waals surface area contributed by atoms with Gasteiger partial charge in [0.2, 0.25) is 11.4 Å². The maximum Gasteiger partial charge on any atom is 0.408 e. The highest BCUT2D eigenvalue weighted by Crippen LogP contribution is 2.34. The molecule has 1 rings (SSSR count). The van der Waals surface area contributed by atoms with E-state index in [1.165, 1.54) is 11.8 Å². The zero-order valence-corrected chi connectivity index (χ0v) is 21.5. The highest BCUT2D eigenvalue weighted by atomic mass is 16.6. The first kappa shape index (κ1) is 31.1. The van der Waals surface area contributed by atoms with Gasteiger partial charge in [0.05, 0.1) is 20.1 Å². The number of esters is 2. The Morgan fingerprint density at radius 2 is 1.56 bits per heavy atom. The number of carbonyl (C=O) groups is 4. The molecule has 0 spiro atoms. The molecule has 12 nitrogen and oxygen atoms in total. The molecular formula is C22H39N3O9. The number of rotatable bonds is 8. The molecule has 1 fully saturated rings. The molecule has 1 saturated heterocycles. The molecule has 2 amide bonds. The quantitative estimate of drug-likeness (QED) is 0.234. The van der Waals surface area contributed by atoms with E-state index in [-0.39, 0.29) is 44.7 Å². The number of hydrogen-bond donors (Lipinski definition) is 1. The van der Waals surface area contributed by atoms with Crippen molar-refractivity contribution in [2.45, 2.75) is 84.4 Å². The topological polar surface area (TPSA) is 154 Å². The van der Waals surface area contributed by atoms with E-state index in [0.29, 0.717) is 0 Å². The summed E-state index contributed by atoms with van der Waals surface area (Å²) in [5, 5.41) is 14.3. The van der Waals surface area contributed by atoms with Crippen molar-refractivity contribution in [3.05, 3.63) is 10.1 Å². The van der Waals surface area contributed by atoms with Gasteiger partial charge in [-0.05, 0) is 27.2 Å². The van der Waals surface area contributed by atoms with Crippen LogP contribution in [0.25, 0.3) is 0 Å². The molecule has 0 aliphatic carbocycles. The smallest absolute Gasteiger partial charge is 0.408 e. The van der Waals surface area contributed by atoms with E-state index >= 15 is 0 Å². The fourth-order valence-corrected chi connectivity index (χ4v) is 3.68. The van der Waals surface area contributed by atoms with Gasteiger partial charge in [0.15, 0.2) is 0 Å². The number of nitrogens with one attached hydrogen (secondary N) is 1. The standard InChI is InChI=1S/C20H33N3O9.C2H6/c1-13(24)22-9-7-20(8-10-22,23(28)29)12-14(16(25)30-5)11-15(17(26)31-6)21-18(27)32-19(2,3)4;1-2/h14-15H,7-12H2,1-6H3,(H,21,27);1-2H3. The first-order valence-electron chi connectivity index (χ1n) is 11.3. The molecule has 1 aliphatic heterocycles. The Balaban J connectivity index is 0.00000529. The van der Waals surface area contributed by atoms with E-state index in [2.05, 4.69) is 5.32 Å². The summed E-state index contributed by atoms with van der Waals surface area (Å²) in [6.07, 6.45) is -1.28. The van der Waals surface area contributed by atoms with Gasteiger partial charge in [-0.3, -0.25) is 19.7 Å². The van der Waals surface area contributed by atoms with E-state index in [1.807, 2.05) is 13.8 Å². The van der Waals surface area contributed by atoms with Gasteiger partial charge in [0, 0.05) is 44.2 Å². The molecule has 34 heavy (non-hydrogen) atoms. The molecule has 12 heteroatoms. The van der Waals surface area contributed by atoms with E-state index < -0.39 is 46.1 Å². The van der Waals surface area contributed by atoms with Crippen molar-refractivity contribution in [1.82, 2.24) is 10.2 Å². The van der Waals surface area contributed by atoms with Crippen molar-refractivity contribution in [3.63, 3.8) is 0 Å². The summed E-state index contributed by atoms with van der Waals surface area (Å²) in [6.45, 7) is 10.7. The van der Waals surface area contributed by atoms with E-state index in [4.69, 9.17) is 14.2 Å². The van der Waals surface area contributed by atoms with Crippen molar-refractivity contribution in [2.75, 3.05) is 27.3 Å². The summed E-state index contributed by atoms with van der Waals surface area (Å²) >= 11 is 0. The van der Waals surface area contributed by atoms with Gasteiger partial charge in [0.1, 0.15) is 11.6 Å². The minimum absolute atomic E-state index is 0.0511. The molecule has 2 unspecified atom stereocenters. The molecule has 0 aromatic heterocycles. The van der Waals surface area contributed by atoms with Crippen LogP contribution < -0.4 is 5.32 Å². The van der Waals surface area contributed by atoms with Gasteiger partial charge < -0.3 is 24.4 Å². The third-order valence-electron chi connectivity index (χ3n) is 5.38. The predicted molar refractivity (Wildman–Crippen MR) is 122 cm³/mol. The summed E-state index contributed by atoms with van der Waals surface area (Å²) in [5.74, 6) is -2.83. The third-order valence-corrected chi connectivity index (χ3v) is 5.38. The van der Waals surface area contributed by atoms with Crippen LogP contribution in [0.5, 0.6) is 0 Å². The molecule has 0 bridgehead atoms. The molecule has 1 heterocycles. The van der Waals surface area contributed by atoms with Crippen LogP contribution in [-0.2, 0) is 28.6 Å². The van der Waals surface area contributed by atoms with Crippen LogP contribution >= 0.6 is 0 Å². The van der Waals surface area contributed by atoms with Crippen LogP contribution in [0.2, 0.25) is 0 Å². The number of methoxy groups -OCH3 is 2. The highest BCUT2D eigenvalue weighted by Gasteiger charge is 2.49. The van der Waals surface area contributed by atoms with Crippen molar-refractivity contribution < 1.29 is 38.3 Å². The minimum atomic E-state index is -1.47. The number of hydrogen-bond acceptors (Lipinski definition) is 9. The number of piperidine rings is 1. The molecule has 0 radical (unpaired) electrons. The van der Waals surface area contributed by atoms with Crippen LogP contribution in [0.15, 0.2) is 0 Å². The Hall–Kier alpha value is -2.92. The second kappa shape index (κ2) is 13.7. The van der Waals surface area contributed by atoms with Crippen molar-refractivity contribution >= 4 is 23.9 Å². The zero-order chi connectivity index (χ0) is 26.7. The lowest BCUT2D eigenvalue weighted by Gasteiger charge is -2.37. The maximum atomic E-state index is 12.5. The van der Waals surface area contributed by atoms with Crippen LogP contribution in [-0.4, -0.2) is 78.3 Å². The molecule has 1 aliphatic rings. The molecule has 0 aromatic rings. The van der Waals surface area contributed by atoms with Gasteiger partial charge in [-0.2, -0.15) is 0 Å². The lowest BCUT2D eigenvalue weighted by molar-refractivity contribution is -0.577. The summed E-state index contributed by atoms with van der Waals surface area (Å²) in [5.41, 5.74) is -2.30. The Bertz CT molecular complexity index is 726. The number of nitrogens with zero attached hydrogens (tertiary/aromatic N) is 2. The number of amides is 2. The predicted octanol–water partition coefficient (Wildman–Crippen LogP) is 2.31. The number of nitro groups is 1. The Labute approximate surface area is 200 Å². The zero-order valence-electron chi connectivity index (χ0n) is 21.5. The largest absolute Gasteiger partial charge is 0.469 e. The number of likely N-dealkylation sites (tertiary alicyclic amines) is 1. The van der Waals surface area contributed by atoms with Crippen molar-refractivity contribution in [2.24, 2.45) is 5.92 Å². The molecular weight excluding hydrogens is 450 g/mol. The Morgan fingerprint density at radius 3 is 1.94 bits per heavy atom. The SMILES string of the molecule is CC.COC(=O)C(CC(NC(=O)OC(C)(C)C)C(=O)OC)CC1([N+](=O)[O-])CCN(C(C)=O)CC1. The van der Waals surface area contributed by atoms with Crippen LogP contribution in [0.3, 0.4) is 0 Å². The molecule has 2 atom stereocenters. The van der Waals surface area contributed by atoms with Crippen LogP contribution in [0.4, 0.5) is 4.79 Å². The van der Waals surface area contributed by atoms with E-state index in [1.54, 1.807) is 20.8 Å². The second-order valence-electron chi connectivity index (χ2n) is 8.87. The van der Waals surface area contributed by atoms with Crippen molar-refractivity contribution in [3.8, 4) is 0 Å². The van der Waals surface area contributed by atoms with Gasteiger partial charge in [-0.1, -0.05) is 13.8 Å². The van der Waals surface area contributed by atoms with Gasteiger partial charge in [-0.15, -0.1) is 0 Å². The lowest BCUT2D eigenvalue weighted by atomic mass is 9.78. The Morgan fingerprint density at radius 1 is 1.06 bits per heavy atom. The third kappa shape index (κ3) is 9.52. The lowest BCUT2D eigenvalue weighted by Crippen LogP contribution is -2.53. The average Bonchev–Trinajstić information content (AvgIpc) is 2.77. The maximum absolute atomic E-state index is 12.5. The fraction of sp³-hybridized carbons (Fsp3) is 0.818. The van der Waals surface area contributed by atoms with E-state index in [0.717, 1.165) is 14.2 Å². The molecule has 0 aromatic carbocycles. The van der Waals surface area contributed by atoms with E-state index in [9.17, 15) is 29.3 Å². The van der Waals surface area contributed by atoms with Gasteiger partial charge >= 0.3 is 18.0 Å².